The third-order valence-electron chi connectivity index (χ3n) is 6.85. The SMILES string of the molecule is CC(C(=O)N1CC(C2CCCCN(C(=O)[C@@H]3CC=CCC3)C2)C1)=C1CC1. The molecular formula is C22H32N2O2. The van der Waals surface area contributed by atoms with Crippen molar-refractivity contribution in [3.05, 3.63) is 23.3 Å². The van der Waals surface area contributed by atoms with E-state index in [2.05, 4.69) is 17.1 Å². The van der Waals surface area contributed by atoms with Gasteiger partial charge < -0.3 is 9.80 Å². The highest BCUT2D eigenvalue weighted by Gasteiger charge is 2.39. The lowest BCUT2D eigenvalue weighted by Gasteiger charge is -2.44. The first-order valence-corrected chi connectivity index (χ1v) is 10.5. The van der Waals surface area contributed by atoms with Crippen molar-refractivity contribution in [2.75, 3.05) is 26.2 Å². The lowest BCUT2D eigenvalue weighted by molar-refractivity contribution is -0.139. The molecule has 1 saturated carbocycles. The zero-order valence-corrected chi connectivity index (χ0v) is 16.1. The molecule has 2 aliphatic carbocycles. The van der Waals surface area contributed by atoms with Gasteiger partial charge in [-0.05, 0) is 63.7 Å². The molecule has 0 spiro atoms. The maximum atomic E-state index is 12.9. The summed E-state index contributed by atoms with van der Waals surface area (Å²) in [6.07, 6.45) is 13.1. The van der Waals surface area contributed by atoms with Gasteiger partial charge >= 0.3 is 0 Å². The van der Waals surface area contributed by atoms with Crippen LogP contribution in [0.3, 0.4) is 0 Å². The van der Waals surface area contributed by atoms with E-state index in [1.165, 1.54) is 18.4 Å². The Morgan fingerprint density at radius 2 is 1.73 bits per heavy atom. The normalized spacial score (nSPS) is 29.2. The van der Waals surface area contributed by atoms with Crippen molar-refractivity contribution in [1.29, 1.82) is 0 Å². The van der Waals surface area contributed by atoms with E-state index in [9.17, 15) is 9.59 Å². The van der Waals surface area contributed by atoms with Gasteiger partial charge in [0.05, 0.1) is 0 Å². The molecule has 2 amide bonds. The summed E-state index contributed by atoms with van der Waals surface area (Å²) in [5.41, 5.74) is 2.35. The molecule has 4 aliphatic rings. The number of carbonyl (C=O) groups excluding carboxylic acids is 2. The zero-order chi connectivity index (χ0) is 18.1. The van der Waals surface area contributed by atoms with E-state index >= 15 is 0 Å². The van der Waals surface area contributed by atoms with Crippen molar-refractivity contribution in [2.45, 2.75) is 58.3 Å². The molecule has 142 valence electrons. The average molecular weight is 357 g/mol. The maximum Gasteiger partial charge on any atom is 0.249 e. The second-order valence-corrected chi connectivity index (χ2v) is 8.72. The number of carbonyl (C=O) groups is 2. The summed E-state index contributed by atoms with van der Waals surface area (Å²) < 4.78 is 0. The number of likely N-dealkylation sites (tertiary alicyclic amines) is 2. The standard InChI is InChI=1S/C22H32N2O2/c1-16(17-10-11-17)21(25)24-14-20(15-24)19-9-5-6-12-23(13-19)22(26)18-7-3-2-4-8-18/h2-3,18-20H,4-15H2,1H3/t18-,19?/m1/s1. The van der Waals surface area contributed by atoms with E-state index in [-0.39, 0.29) is 11.8 Å². The van der Waals surface area contributed by atoms with Crippen molar-refractivity contribution >= 4 is 11.8 Å². The van der Waals surface area contributed by atoms with Crippen molar-refractivity contribution < 1.29 is 9.59 Å². The monoisotopic (exact) mass is 356 g/mol. The number of allylic oxidation sites excluding steroid dienone is 3. The van der Waals surface area contributed by atoms with E-state index in [1.54, 1.807) is 0 Å². The van der Waals surface area contributed by atoms with Gasteiger partial charge in [0.15, 0.2) is 0 Å². The zero-order valence-electron chi connectivity index (χ0n) is 16.1. The fourth-order valence-corrected chi connectivity index (χ4v) is 4.84. The predicted octanol–water partition coefficient (Wildman–Crippen LogP) is 3.54. The minimum absolute atomic E-state index is 0.200. The molecule has 0 aromatic carbocycles. The third-order valence-corrected chi connectivity index (χ3v) is 6.85. The molecule has 2 heterocycles. The van der Waals surface area contributed by atoms with Gasteiger partial charge in [-0.1, -0.05) is 24.1 Å². The van der Waals surface area contributed by atoms with Crippen LogP contribution in [0, 0.1) is 17.8 Å². The molecule has 4 rings (SSSR count). The van der Waals surface area contributed by atoms with Gasteiger partial charge in [0, 0.05) is 37.7 Å². The molecule has 3 fully saturated rings. The van der Waals surface area contributed by atoms with E-state index in [4.69, 9.17) is 0 Å². The molecule has 2 aliphatic heterocycles. The van der Waals surface area contributed by atoms with E-state index in [1.807, 2.05) is 11.8 Å². The van der Waals surface area contributed by atoms with E-state index in [0.29, 0.717) is 17.7 Å². The van der Waals surface area contributed by atoms with Crippen LogP contribution in [0.4, 0.5) is 0 Å². The molecule has 26 heavy (non-hydrogen) atoms. The van der Waals surface area contributed by atoms with Crippen molar-refractivity contribution in [3.63, 3.8) is 0 Å². The lowest BCUT2D eigenvalue weighted by Crippen LogP contribution is -2.54. The predicted molar refractivity (Wildman–Crippen MR) is 102 cm³/mol. The van der Waals surface area contributed by atoms with Crippen LogP contribution in [0.15, 0.2) is 23.3 Å². The highest BCUT2D eigenvalue weighted by Crippen LogP contribution is 2.36. The first-order chi connectivity index (χ1) is 12.6. The molecule has 0 aromatic rings. The molecule has 0 bridgehead atoms. The number of nitrogens with zero attached hydrogens (tertiary/aromatic N) is 2. The summed E-state index contributed by atoms with van der Waals surface area (Å²) >= 11 is 0. The minimum Gasteiger partial charge on any atom is -0.342 e. The number of amides is 2. The van der Waals surface area contributed by atoms with Crippen LogP contribution in [0.25, 0.3) is 0 Å². The van der Waals surface area contributed by atoms with Crippen LogP contribution in [-0.4, -0.2) is 47.8 Å². The lowest BCUT2D eigenvalue weighted by atomic mass is 9.82. The van der Waals surface area contributed by atoms with Crippen LogP contribution in [0.5, 0.6) is 0 Å². The largest absolute Gasteiger partial charge is 0.342 e. The number of rotatable bonds is 3. The summed E-state index contributed by atoms with van der Waals surface area (Å²) in [4.78, 5) is 29.6. The van der Waals surface area contributed by atoms with Crippen LogP contribution >= 0.6 is 0 Å². The quantitative estimate of drug-likeness (QED) is 0.573. The van der Waals surface area contributed by atoms with Crippen LogP contribution in [-0.2, 0) is 9.59 Å². The topological polar surface area (TPSA) is 40.6 Å². The number of hydrogen-bond acceptors (Lipinski definition) is 2. The summed E-state index contributed by atoms with van der Waals surface area (Å²) in [7, 11) is 0. The second kappa shape index (κ2) is 7.58. The Balaban J connectivity index is 1.32. The van der Waals surface area contributed by atoms with E-state index in [0.717, 1.165) is 70.3 Å². The summed E-state index contributed by atoms with van der Waals surface area (Å²) in [6.45, 7) is 5.61. The summed E-state index contributed by atoms with van der Waals surface area (Å²) in [5.74, 6) is 1.98. The van der Waals surface area contributed by atoms with Gasteiger partial charge in [0.2, 0.25) is 11.8 Å². The van der Waals surface area contributed by atoms with Crippen LogP contribution in [0.2, 0.25) is 0 Å². The van der Waals surface area contributed by atoms with Crippen molar-refractivity contribution in [3.8, 4) is 0 Å². The van der Waals surface area contributed by atoms with Gasteiger partial charge in [0.25, 0.3) is 0 Å². The van der Waals surface area contributed by atoms with Gasteiger partial charge in [-0.3, -0.25) is 9.59 Å². The Kier molecular flexibility index (Phi) is 5.19. The molecule has 1 unspecified atom stereocenters. The molecule has 0 radical (unpaired) electrons. The minimum atomic E-state index is 0.200. The molecule has 2 saturated heterocycles. The smallest absolute Gasteiger partial charge is 0.249 e. The summed E-state index contributed by atoms with van der Waals surface area (Å²) in [6, 6.07) is 0. The van der Waals surface area contributed by atoms with E-state index < -0.39 is 0 Å². The van der Waals surface area contributed by atoms with Crippen LogP contribution < -0.4 is 0 Å². The Bertz CT molecular complexity index is 624. The highest BCUT2D eigenvalue weighted by molar-refractivity contribution is 5.94. The molecule has 4 heteroatoms. The molecular weight excluding hydrogens is 324 g/mol. The Morgan fingerprint density at radius 3 is 2.42 bits per heavy atom. The number of hydrogen-bond donors (Lipinski definition) is 0. The fourth-order valence-electron chi connectivity index (χ4n) is 4.84. The Hall–Kier alpha value is -1.58. The van der Waals surface area contributed by atoms with Gasteiger partial charge in [0.1, 0.15) is 0 Å². The first kappa shape index (κ1) is 17.8. The molecule has 0 N–H and O–H groups in total. The van der Waals surface area contributed by atoms with Gasteiger partial charge in [-0.25, -0.2) is 0 Å². The van der Waals surface area contributed by atoms with Crippen molar-refractivity contribution in [2.24, 2.45) is 17.8 Å². The fraction of sp³-hybridized carbons (Fsp3) is 0.727. The van der Waals surface area contributed by atoms with Crippen LogP contribution in [0.1, 0.15) is 58.3 Å². The Morgan fingerprint density at radius 1 is 0.962 bits per heavy atom. The molecule has 0 aromatic heterocycles. The van der Waals surface area contributed by atoms with Gasteiger partial charge in [-0.15, -0.1) is 0 Å². The first-order valence-electron chi connectivity index (χ1n) is 10.5. The molecule has 4 nitrogen and oxygen atoms in total. The van der Waals surface area contributed by atoms with Gasteiger partial charge in [-0.2, -0.15) is 0 Å². The molecule has 2 atom stereocenters. The Labute approximate surface area is 157 Å². The highest BCUT2D eigenvalue weighted by atomic mass is 16.2. The second-order valence-electron chi connectivity index (χ2n) is 8.72. The third kappa shape index (κ3) is 3.74. The van der Waals surface area contributed by atoms with Crippen molar-refractivity contribution in [1.82, 2.24) is 9.80 Å². The maximum absolute atomic E-state index is 12.9. The summed E-state index contributed by atoms with van der Waals surface area (Å²) in [5, 5.41) is 0. The average Bonchev–Trinajstić information content (AvgIpc) is 3.47.